The van der Waals surface area contributed by atoms with Gasteiger partial charge in [-0.05, 0) is 90.6 Å². The minimum absolute atomic E-state index is 0.0956. The molecule has 4 aromatic carbocycles. The lowest BCUT2D eigenvalue weighted by Crippen LogP contribution is -2.28. The summed E-state index contributed by atoms with van der Waals surface area (Å²) in [5.74, 6) is 0.0126. The van der Waals surface area contributed by atoms with Crippen molar-refractivity contribution < 1.29 is 14.6 Å². The number of rotatable bonds is 8. The van der Waals surface area contributed by atoms with Gasteiger partial charge in [0, 0.05) is 12.1 Å². The predicted octanol–water partition coefficient (Wildman–Crippen LogP) is 7.29. The third-order valence-electron chi connectivity index (χ3n) is 6.91. The first kappa shape index (κ1) is 24.5. The Morgan fingerprint density at radius 2 is 1.57 bits per heavy atom. The summed E-state index contributed by atoms with van der Waals surface area (Å²) >= 11 is 0. The van der Waals surface area contributed by atoms with Crippen molar-refractivity contribution >= 4 is 16.7 Å². The van der Waals surface area contributed by atoms with Crippen molar-refractivity contribution in [2.24, 2.45) is 0 Å². The standard InChI is InChI=1S/C31H33NO3/c1-20(22-11-9-14-27(18-22)35-5)32-21(2)25-16-23-10-6-7-15-28(23)29(19-25)24-12-8-13-26(17-24)31(3,4)30(33)34/h6-21,32H,1-5H3,(H,33,34)/t20-,21?/m1/s1. The average molecular weight is 468 g/mol. The van der Waals surface area contributed by atoms with Gasteiger partial charge in [-0.1, -0.05) is 60.7 Å². The molecule has 4 heteroatoms. The Bertz CT molecular complexity index is 1360. The number of benzene rings is 4. The average Bonchev–Trinajstić information content (AvgIpc) is 2.87. The molecule has 0 radical (unpaired) electrons. The van der Waals surface area contributed by atoms with Crippen LogP contribution >= 0.6 is 0 Å². The van der Waals surface area contributed by atoms with Crippen molar-refractivity contribution in [3.8, 4) is 16.9 Å². The van der Waals surface area contributed by atoms with Crippen LogP contribution in [-0.2, 0) is 10.2 Å². The van der Waals surface area contributed by atoms with E-state index in [1.54, 1.807) is 21.0 Å². The van der Waals surface area contributed by atoms with E-state index in [0.29, 0.717) is 0 Å². The van der Waals surface area contributed by atoms with Crippen LogP contribution in [0.15, 0.2) is 84.9 Å². The minimum Gasteiger partial charge on any atom is -0.497 e. The molecule has 0 aromatic heterocycles. The van der Waals surface area contributed by atoms with Gasteiger partial charge in [0.25, 0.3) is 0 Å². The molecule has 1 unspecified atom stereocenters. The number of aliphatic carboxylic acids is 1. The number of fused-ring (bicyclic) bond motifs is 1. The fourth-order valence-corrected chi connectivity index (χ4v) is 4.50. The van der Waals surface area contributed by atoms with Gasteiger partial charge in [-0.2, -0.15) is 0 Å². The molecule has 0 saturated heterocycles. The van der Waals surface area contributed by atoms with E-state index in [9.17, 15) is 9.90 Å². The Balaban J connectivity index is 1.73. The summed E-state index contributed by atoms with van der Waals surface area (Å²) in [5, 5.41) is 15.8. The Morgan fingerprint density at radius 3 is 2.31 bits per heavy atom. The van der Waals surface area contributed by atoms with Gasteiger partial charge >= 0.3 is 5.97 Å². The summed E-state index contributed by atoms with van der Waals surface area (Å²) in [6.45, 7) is 7.82. The maximum absolute atomic E-state index is 11.9. The highest BCUT2D eigenvalue weighted by atomic mass is 16.5. The maximum atomic E-state index is 11.9. The number of ether oxygens (including phenoxy) is 1. The lowest BCUT2D eigenvalue weighted by atomic mass is 9.83. The summed E-state index contributed by atoms with van der Waals surface area (Å²) in [5.41, 5.74) is 4.28. The van der Waals surface area contributed by atoms with Gasteiger partial charge in [0.2, 0.25) is 0 Å². The molecular weight excluding hydrogens is 434 g/mol. The molecule has 0 amide bonds. The van der Waals surface area contributed by atoms with Crippen molar-refractivity contribution in [2.75, 3.05) is 7.11 Å². The van der Waals surface area contributed by atoms with Crippen LogP contribution in [0.3, 0.4) is 0 Å². The Kier molecular flexibility index (Phi) is 6.95. The molecular formula is C31H33NO3. The van der Waals surface area contributed by atoms with Gasteiger partial charge in [-0.3, -0.25) is 4.79 Å². The van der Waals surface area contributed by atoms with Gasteiger partial charge in [0.15, 0.2) is 0 Å². The van der Waals surface area contributed by atoms with Gasteiger partial charge in [-0.25, -0.2) is 0 Å². The van der Waals surface area contributed by atoms with Gasteiger partial charge in [0.1, 0.15) is 5.75 Å². The second-order valence-corrected chi connectivity index (χ2v) is 9.69. The summed E-state index contributed by atoms with van der Waals surface area (Å²) in [4.78, 5) is 11.9. The van der Waals surface area contributed by atoms with Crippen LogP contribution in [0.4, 0.5) is 0 Å². The molecule has 0 fully saturated rings. The first-order chi connectivity index (χ1) is 16.7. The third-order valence-corrected chi connectivity index (χ3v) is 6.91. The van der Waals surface area contributed by atoms with E-state index >= 15 is 0 Å². The van der Waals surface area contributed by atoms with E-state index < -0.39 is 11.4 Å². The van der Waals surface area contributed by atoms with Crippen LogP contribution in [0.1, 0.15) is 56.5 Å². The zero-order chi connectivity index (χ0) is 25.2. The lowest BCUT2D eigenvalue weighted by Gasteiger charge is -2.23. The van der Waals surface area contributed by atoms with Crippen LogP contribution < -0.4 is 10.1 Å². The largest absolute Gasteiger partial charge is 0.497 e. The molecule has 0 saturated carbocycles. The van der Waals surface area contributed by atoms with Crippen molar-refractivity contribution in [3.05, 3.63) is 102 Å². The SMILES string of the molecule is COc1cccc([C@@H](C)NC(C)c2cc(-c3cccc(C(C)(C)C(=O)O)c3)c3ccccc3c2)c1. The zero-order valence-corrected chi connectivity index (χ0v) is 21.0. The monoisotopic (exact) mass is 467 g/mol. The molecule has 0 aliphatic rings. The molecule has 4 aromatic rings. The molecule has 0 aliphatic heterocycles. The Morgan fingerprint density at radius 1 is 0.857 bits per heavy atom. The van der Waals surface area contributed by atoms with Crippen molar-refractivity contribution in [2.45, 2.75) is 45.2 Å². The predicted molar refractivity (Wildman–Crippen MR) is 143 cm³/mol. The third kappa shape index (κ3) is 5.08. The van der Waals surface area contributed by atoms with Crippen LogP contribution in [0.25, 0.3) is 21.9 Å². The second-order valence-electron chi connectivity index (χ2n) is 9.69. The summed E-state index contributed by atoms with van der Waals surface area (Å²) in [7, 11) is 1.68. The number of hydrogen-bond donors (Lipinski definition) is 2. The van der Waals surface area contributed by atoms with E-state index in [1.165, 1.54) is 11.1 Å². The summed E-state index contributed by atoms with van der Waals surface area (Å²) in [6, 6.07) is 29.1. The molecule has 180 valence electrons. The van der Waals surface area contributed by atoms with E-state index in [2.05, 4.69) is 67.7 Å². The molecule has 0 spiro atoms. The molecule has 4 nitrogen and oxygen atoms in total. The summed E-state index contributed by atoms with van der Waals surface area (Å²) < 4.78 is 5.39. The Labute approximate surface area is 207 Å². The van der Waals surface area contributed by atoms with Crippen LogP contribution in [0, 0.1) is 0 Å². The molecule has 0 bridgehead atoms. The fraction of sp³-hybridized carbons (Fsp3) is 0.258. The summed E-state index contributed by atoms with van der Waals surface area (Å²) in [6.07, 6.45) is 0. The van der Waals surface area contributed by atoms with Crippen molar-refractivity contribution in [3.63, 3.8) is 0 Å². The van der Waals surface area contributed by atoms with E-state index in [4.69, 9.17) is 4.74 Å². The molecule has 35 heavy (non-hydrogen) atoms. The quantitative estimate of drug-likeness (QED) is 0.286. The lowest BCUT2D eigenvalue weighted by molar-refractivity contribution is -0.142. The van der Waals surface area contributed by atoms with Gasteiger partial charge < -0.3 is 15.2 Å². The smallest absolute Gasteiger partial charge is 0.313 e. The number of hydrogen-bond acceptors (Lipinski definition) is 3. The maximum Gasteiger partial charge on any atom is 0.313 e. The number of carbonyl (C=O) groups is 1. The van der Waals surface area contributed by atoms with Gasteiger partial charge in [0.05, 0.1) is 12.5 Å². The number of carboxylic acids is 1. The van der Waals surface area contributed by atoms with Crippen LogP contribution in [0.5, 0.6) is 5.75 Å². The normalized spacial score (nSPS) is 13.4. The highest BCUT2D eigenvalue weighted by molar-refractivity contribution is 5.97. The topological polar surface area (TPSA) is 58.6 Å². The van der Waals surface area contributed by atoms with E-state index in [-0.39, 0.29) is 12.1 Å². The van der Waals surface area contributed by atoms with Gasteiger partial charge in [-0.15, -0.1) is 0 Å². The number of methoxy groups -OCH3 is 1. The highest BCUT2D eigenvalue weighted by Gasteiger charge is 2.29. The second kappa shape index (κ2) is 9.93. The van der Waals surface area contributed by atoms with Crippen LogP contribution in [-0.4, -0.2) is 18.2 Å². The van der Waals surface area contributed by atoms with Crippen molar-refractivity contribution in [1.29, 1.82) is 0 Å². The minimum atomic E-state index is -0.968. The van der Waals surface area contributed by atoms with E-state index in [0.717, 1.165) is 33.2 Å². The fourth-order valence-electron chi connectivity index (χ4n) is 4.50. The molecule has 0 aliphatic carbocycles. The van der Waals surface area contributed by atoms with Crippen molar-refractivity contribution in [1.82, 2.24) is 5.32 Å². The molecule has 0 heterocycles. The number of carboxylic acid groups (broad SMARTS) is 1. The highest BCUT2D eigenvalue weighted by Crippen LogP contribution is 2.35. The first-order valence-corrected chi connectivity index (χ1v) is 12.0. The molecule has 2 N–H and O–H groups in total. The number of nitrogens with one attached hydrogen (secondary N) is 1. The molecule has 4 rings (SSSR count). The van der Waals surface area contributed by atoms with Crippen LogP contribution in [0.2, 0.25) is 0 Å². The zero-order valence-electron chi connectivity index (χ0n) is 21.0. The van der Waals surface area contributed by atoms with E-state index in [1.807, 2.05) is 36.4 Å². The Hall–Kier alpha value is -3.63. The molecule has 2 atom stereocenters. The first-order valence-electron chi connectivity index (χ1n) is 12.0.